The van der Waals surface area contributed by atoms with E-state index in [9.17, 15) is 9.59 Å². The van der Waals surface area contributed by atoms with Gasteiger partial charge in [0.05, 0.1) is 6.04 Å². The Morgan fingerprint density at radius 1 is 1.00 bits per heavy atom. The molecule has 5 fully saturated rings. The van der Waals surface area contributed by atoms with Crippen LogP contribution in [0.2, 0.25) is 0 Å². The largest absolute Gasteiger partial charge is 0.351 e. The summed E-state index contributed by atoms with van der Waals surface area (Å²) in [5, 5.41) is 3.26. The number of amides is 2. The zero-order valence-corrected chi connectivity index (χ0v) is 14.6. The molecule has 2 amide bonds. The van der Waals surface area contributed by atoms with Gasteiger partial charge in [-0.3, -0.25) is 9.59 Å². The molecule has 25 heavy (non-hydrogen) atoms. The van der Waals surface area contributed by atoms with Gasteiger partial charge in [0.15, 0.2) is 0 Å². The van der Waals surface area contributed by atoms with Gasteiger partial charge in [-0.25, -0.2) is 0 Å². The number of nitrogens with zero attached hydrogens (tertiary/aromatic N) is 1. The van der Waals surface area contributed by atoms with E-state index in [0.29, 0.717) is 13.0 Å². The Bertz CT molecular complexity index is 664. The second-order valence-electron chi connectivity index (χ2n) is 8.91. The topological polar surface area (TPSA) is 49.4 Å². The fraction of sp³-hybridized carbons (Fsp3) is 0.619. The molecule has 4 nitrogen and oxygen atoms in total. The number of benzene rings is 1. The van der Waals surface area contributed by atoms with Crippen LogP contribution in [-0.2, 0) is 9.59 Å². The highest BCUT2D eigenvalue weighted by atomic mass is 16.2. The minimum absolute atomic E-state index is 0.0480. The summed E-state index contributed by atoms with van der Waals surface area (Å²) in [6.07, 6.45) is 7.69. The summed E-state index contributed by atoms with van der Waals surface area (Å²) in [7, 11) is 0. The lowest BCUT2D eigenvalue weighted by Crippen LogP contribution is -2.55. The average Bonchev–Trinajstić information content (AvgIpc) is 2.95. The standard InChI is InChI=1S/C21H26N2O2/c24-19-9-17(13-23(19)18-4-2-1-3-5-18)22-20(25)21-10-14-6-15(11-21)8-16(7-14)12-21/h1-5,14-17H,6-13H2,(H,22,25)/t14?,15?,16?,17-,21?/m0/s1. The summed E-state index contributed by atoms with van der Waals surface area (Å²) in [6, 6.07) is 9.72. The lowest BCUT2D eigenvalue weighted by atomic mass is 9.49. The molecule has 5 aliphatic rings. The smallest absolute Gasteiger partial charge is 0.229 e. The van der Waals surface area contributed by atoms with Gasteiger partial charge >= 0.3 is 0 Å². The van der Waals surface area contributed by atoms with Crippen molar-refractivity contribution in [2.75, 3.05) is 11.4 Å². The number of carbonyl (C=O) groups is 2. The minimum Gasteiger partial charge on any atom is -0.351 e. The number of para-hydroxylation sites is 1. The molecule has 4 saturated carbocycles. The highest BCUT2D eigenvalue weighted by Gasteiger charge is 2.55. The van der Waals surface area contributed by atoms with Crippen LogP contribution in [0.5, 0.6) is 0 Å². The van der Waals surface area contributed by atoms with Crippen LogP contribution in [0.1, 0.15) is 44.9 Å². The molecule has 1 aromatic carbocycles. The Labute approximate surface area is 149 Å². The summed E-state index contributed by atoms with van der Waals surface area (Å²) in [6.45, 7) is 0.598. The van der Waals surface area contributed by atoms with E-state index in [1.807, 2.05) is 35.2 Å². The maximum absolute atomic E-state index is 13.2. The van der Waals surface area contributed by atoms with E-state index in [-0.39, 0.29) is 23.3 Å². The van der Waals surface area contributed by atoms with Crippen LogP contribution in [0.3, 0.4) is 0 Å². The van der Waals surface area contributed by atoms with E-state index in [1.165, 1.54) is 19.3 Å². The van der Waals surface area contributed by atoms with Gasteiger partial charge in [0.1, 0.15) is 0 Å². The first kappa shape index (κ1) is 15.4. The Hall–Kier alpha value is -1.84. The van der Waals surface area contributed by atoms with Gasteiger partial charge < -0.3 is 10.2 Å². The number of anilines is 1. The molecule has 1 aliphatic heterocycles. The third kappa shape index (κ3) is 2.57. The van der Waals surface area contributed by atoms with Crippen LogP contribution in [0, 0.1) is 23.2 Å². The van der Waals surface area contributed by atoms with E-state index in [1.54, 1.807) is 0 Å². The third-order valence-corrected chi connectivity index (χ3v) is 7.05. The van der Waals surface area contributed by atoms with Crippen molar-refractivity contribution in [1.82, 2.24) is 5.32 Å². The number of carbonyl (C=O) groups excluding carboxylic acids is 2. The van der Waals surface area contributed by atoms with Gasteiger partial charge in [0.25, 0.3) is 0 Å². The summed E-state index contributed by atoms with van der Waals surface area (Å²) in [5.74, 6) is 2.65. The molecule has 0 radical (unpaired) electrons. The first-order chi connectivity index (χ1) is 12.1. The molecule has 4 aliphatic carbocycles. The number of hydrogen-bond donors (Lipinski definition) is 1. The van der Waals surface area contributed by atoms with Crippen molar-refractivity contribution in [2.45, 2.75) is 51.0 Å². The fourth-order valence-corrected chi connectivity index (χ4v) is 6.39. The lowest BCUT2D eigenvalue weighted by Gasteiger charge is -2.55. The zero-order chi connectivity index (χ0) is 17.0. The molecule has 0 spiro atoms. The zero-order valence-electron chi connectivity index (χ0n) is 14.6. The number of rotatable bonds is 3. The van der Waals surface area contributed by atoms with Crippen LogP contribution in [-0.4, -0.2) is 24.4 Å². The Morgan fingerprint density at radius 2 is 1.60 bits per heavy atom. The van der Waals surface area contributed by atoms with Crippen LogP contribution in [0.15, 0.2) is 30.3 Å². The maximum Gasteiger partial charge on any atom is 0.229 e. The predicted octanol–water partition coefficient (Wildman–Crippen LogP) is 3.12. The molecule has 1 atom stereocenters. The molecule has 4 heteroatoms. The van der Waals surface area contributed by atoms with Crippen LogP contribution in [0.4, 0.5) is 5.69 Å². The van der Waals surface area contributed by atoms with E-state index in [0.717, 1.165) is 42.7 Å². The normalized spacial score (nSPS) is 39.0. The second-order valence-corrected chi connectivity index (χ2v) is 8.91. The molecule has 1 aromatic rings. The van der Waals surface area contributed by atoms with Crippen molar-refractivity contribution in [2.24, 2.45) is 23.2 Å². The average molecular weight is 338 g/mol. The highest BCUT2D eigenvalue weighted by Crippen LogP contribution is 2.60. The quantitative estimate of drug-likeness (QED) is 0.920. The Kier molecular flexibility index (Phi) is 3.44. The van der Waals surface area contributed by atoms with Gasteiger partial charge in [-0.1, -0.05) is 18.2 Å². The van der Waals surface area contributed by atoms with Gasteiger partial charge in [-0.15, -0.1) is 0 Å². The first-order valence-electron chi connectivity index (χ1n) is 9.78. The Balaban J connectivity index is 1.28. The van der Waals surface area contributed by atoms with E-state index in [4.69, 9.17) is 0 Å². The van der Waals surface area contributed by atoms with Gasteiger partial charge in [0, 0.05) is 24.1 Å². The van der Waals surface area contributed by atoms with E-state index < -0.39 is 0 Å². The maximum atomic E-state index is 13.2. The summed E-state index contributed by atoms with van der Waals surface area (Å²) in [4.78, 5) is 27.4. The molecule has 1 heterocycles. The molecule has 0 unspecified atom stereocenters. The minimum atomic E-state index is -0.127. The number of nitrogens with one attached hydrogen (secondary N) is 1. The van der Waals surface area contributed by atoms with Crippen LogP contribution < -0.4 is 10.2 Å². The second kappa shape index (κ2) is 5.58. The highest BCUT2D eigenvalue weighted by molar-refractivity contribution is 5.97. The molecule has 4 bridgehead atoms. The molecular weight excluding hydrogens is 312 g/mol. The molecule has 6 rings (SSSR count). The van der Waals surface area contributed by atoms with Crippen LogP contribution >= 0.6 is 0 Å². The molecule has 1 saturated heterocycles. The lowest BCUT2D eigenvalue weighted by molar-refractivity contribution is -0.146. The summed E-state index contributed by atoms with van der Waals surface area (Å²) < 4.78 is 0. The van der Waals surface area contributed by atoms with Crippen molar-refractivity contribution < 1.29 is 9.59 Å². The monoisotopic (exact) mass is 338 g/mol. The molecular formula is C21H26N2O2. The summed E-state index contributed by atoms with van der Waals surface area (Å²) >= 11 is 0. The van der Waals surface area contributed by atoms with Crippen molar-refractivity contribution in [3.05, 3.63) is 30.3 Å². The first-order valence-corrected chi connectivity index (χ1v) is 9.78. The van der Waals surface area contributed by atoms with Crippen molar-refractivity contribution in [1.29, 1.82) is 0 Å². The van der Waals surface area contributed by atoms with Crippen LogP contribution in [0.25, 0.3) is 0 Å². The predicted molar refractivity (Wildman–Crippen MR) is 95.9 cm³/mol. The van der Waals surface area contributed by atoms with Gasteiger partial charge in [0.2, 0.25) is 11.8 Å². The van der Waals surface area contributed by atoms with Crippen molar-refractivity contribution in [3.8, 4) is 0 Å². The number of hydrogen-bond acceptors (Lipinski definition) is 2. The summed E-state index contributed by atoms with van der Waals surface area (Å²) in [5.41, 5.74) is 0.803. The van der Waals surface area contributed by atoms with E-state index in [2.05, 4.69) is 5.32 Å². The molecule has 1 N–H and O–H groups in total. The molecule has 132 valence electrons. The van der Waals surface area contributed by atoms with Crippen molar-refractivity contribution in [3.63, 3.8) is 0 Å². The SMILES string of the molecule is O=C1C[C@H](NC(=O)C23CC4CC(CC(C4)C2)C3)CN1c1ccccc1. The van der Waals surface area contributed by atoms with Gasteiger partial charge in [-0.2, -0.15) is 0 Å². The van der Waals surface area contributed by atoms with Gasteiger partial charge in [-0.05, 0) is 68.4 Å². The Morgan fingerprint density at radius 3 is 2.20 bits per heavy atom. The molecule has 0 aromatic heterocycles. The third-order valence-electron chi connectivity index (χ3n) is 7.05. The van der Waals surface area contributed by atoms with E-state index >= 15 is 0 Å². The van der Waals surface area contributed by atoms with Crippen molar-refractivity contribution >= 4 is 17.5 Å². The fourth-order valence-electron chi connectivity index (χ4n) is 6.39.